The van der Waals surface area contributed by atoms with Gasteiger partial charge in [0.2, 0.25) is 0 Å². The van der Waals surface area contributed by atoms with Gasteiger partial charge in [-0.1, -0.05) is 93.4 Å². The summed E-state index contributed by atoms with van der Waals surface area (Å²) in [6.07, 6.45) is 7.89. The molecule has 0 bridgehead atoms. The van der Waals surface area contributed by atoms with Crippen molar-refractivity contribution in [3.8, 4) is 11.5 Å². The largest absolute Gasteiger partial charge is 0.507 e. The minimum atomic E-state index is -1.13. The molecule has 0 saturated heterocycles. The van der Waals surface area contributed by atoms with Gasteiger partial charge >= 0.3 is 11.9 Å². The topological polar surface area (TPSA) is 140 Å². The number of rotatable bonds is 6. The Morgan fingerprint density at radius 3 is 1.48 bits per heavy atom. The molecule has 1 radical (unpaired) electrons. The third-order valence-electron chi connectivity index (χ3n) is 8.77. The molecule has 2 unspecified atom stereocenters. The zero-order chi connectivity index (χ0) is 36.9. The Balaban J connectivity index is 0.000000564. The summed E-state index contributed by atoms with van der Waals surface area (Å²) < 4.78 is 0. The number of hydrogen-bond donors (Lipinski definition) is 4. The van der Waals surface area contributed by atoms with Crippen LogP contribution >= 0.6 is 0 Å². The maximum atomic E-state index is 11.2. The van der Waals surface area contributed by atoms with Crippen LogP contribution in [0.3, 0.4) is 0 Å². The van der Waals surface area contributed by atoms with E-state index in [0.29, 0.717) is 11.5 Å². The van der Waals surface area contributed by atoms with Gasteiger partial charge in [0, 0.05) is 51.5 Å². The number of carboxylic acids is 2. The zero-order valence-electron chi connectivity index (χ0n) is 31.1. The first kappa shape index (κ1) is 42.2. The first-order valence-electron chi connectivity index (χ1n) is 16.9. The van der Waals surface area contributed by atoms with Gasteiger partial charge in [0.25, 0.3) is 0 Å². The molecule has 0 aliphatic heterocycles. The van der Waals surface area contributed by atoms with Crippen molar-refractivity contribution in [3.05, 3.63) is 93.0 Å². The van der Waals surface area contributed by atoms with E-state index >= 15 is 0 Å². The molecule has 1 aliphatic carbocycles. The second-order valence-electron chi connectivity index (χ2n) is 16.1. The summed E-state index contributed by atoms with van der Waals surface area (Å²) in [7, 11) is 0. The molecule has 50 heavy (non-hydrogen) atoms. The maximum absolute atomic E-state index is 11.2. The first-order chi connectivity index (χ1) is 22.6. The standard InChI is InChI=1S/C33H48N2O2.C8H6O4.Co/c1-21-15-22(29(36)25(16-21)32(5,6)7)19-34-27-13-11-12-14-28(27)35-20-23-17-24(31(2,3)4)18-26(30(23)37)33(8,9)10;9-7(10)5-2-1-3-6(4-5)8(11)12;/h15-20,27-28,36-37H,11-14H2,1-10H3;1-4H,(H,9,10)(H,11,12);. The predicted octanol–water partition coefficient (Wildman–Crippen LogP) is 9.23. The van der Waals surface area contributed by atoms with Crippen LogP contribution in [0.4, 0.5) is 0 Å². The third-order valence-corrected chi connectivity index (χ3v) is 8.77. The van der Waals surface area contributed by atoms with E-state index in [1.54, 1.807) is 0 Å². The van der Waals surface area contributed by atoms with Crippen molar-refractivity contribution in [2.45, 2.75) is 123 Å². The smallest absolute Gasteiger partial charge is 0.335 e. The van der Waals surface area contributed by atoms with E-state index in [9.17, 15) is 19.8 Å². The van der Waals surface area contributed by atoms with Crippen molar-refractivity contribution in [1.29, 1.82) is 0 Å². The summed E-state index contributed by atoms with van der Waals surface area (Å²) in [6.45, 7) is 21.4. The second kappa shape index (κ2) is 16.8. The molecule has 3 aromatic rings. The molecule has 4 N–H and O–H groups in total. The van der Waals surface area contributed by atoms with Gasteiger partial charge in [0.1, 0.15) is 11.5 Å². The second-order valence-corrected chi connectivity index (χ2v) is 16.1. The Kier molecular flexibility index (Phi) is 14.2. The number of aromatic hydroxyl groups is 2. The monoisotopic (exact) mass is 729 g/mol. The first-order valence-corrected chi connectivity index (χ1v) is 16.9. The molecule has 1 saturated carbocycles. The molecule has 4 rings (SSSR count). The Labute approximate surface area is 308 Å². The molecule has 1 aliphatic rings. The van der Waals surface area contributed by atoms with E-state index in [0.717, 1.165) is 59.6 Å². The van der Waals surface area contributed by atoms with Gasteiger partial charge in [0.15, 0.2) is 0 Å². The van der Waals surface area contributed by atoms with Crippen LogP contribution in [0, 0.1) is 6.92 Å². The van der Waals surface area contributed by atoms with Crippen LogP contribution in [0.15, 0.2) is 58.5 Å². The van der Waals surface area contributed by atoms with E-state index in [2.05, 4.69) is 87.4 Å². The number of carbonyl (C=O) groups is 2. The van der Waals surface area contributed by atoms with E-state index in [1.807, 2.05) is 18.5 Å². The SMILES string of the molecule is Cc1cc(C=NC2CCCCC2N=Cc2cc(C(C)(C)C)cc(C(C)(C)C)c2O)c(O)c(C(C)(C)C)c1.O=C(O)c1cccc(C(=O)O)c1.[Co]. The minimum absolute atomic E-state index is 0. The van der Waals surface area contributed by atoms with Crippen LogP contribution in [-0.4, -0.2) is 56.9 Å². The van der Waals surface area contributed by atoms with Crippen molar-refractivity contribution in [1.82, 2.24) is 0 Å². The van der Waals surface area contributed by atoms with Gasteiger partial charge in [0.05, 0.1) is 23.2 Å². The van der Waals surface area contributed by atoms with Gasteiger partial charge < -0.3 is 20.4 Å². The number of aliphatic imine (C=N–C) groups is 2. The number of carboxylic acid groups (broad SMARTS) is 2. The fraction of sp³-hybridized carbons (Fsp3) is 0.463. The van der Waals surface area contributed by atoms with Gasteiger partial charge in [-0.05, 0) is 77.5 Å². The third kappa shape index (κ3) is 11.3. The number of hydrogen-bond acceptors (Lipinski definition) is 6. The summed E-state index contributed by atoms with van der Waals surface area (Å²) in [4.78, 5) is 30.7. The number of aryl methyl sites for hydroxylation is 1. The Bertz CT molecular complexity index is 1700. The minimum Gasteiger partial charge on any atom is -0.507 e. The Hall–Kier alpha value is -3.95. The summed E-state index contributed by atoms with van der Waals surface area (Å²) in [6, 6.07) is 13.6. The van der Waals surface area contributed by atoms with Crippen molar-refractivity contribution in [3.63, 3.8) is 0 Å². The molecular weight excluding hydrogens is 675 g/mol. The van der Waals surface area contributed by atoms with Crippen molar-refractivity contribution in [2.24, 2.45) is 9.98 Å². The van der Waals surface area contributed by atoms with Crippen LogP contribution in [0.1, 0.15) is 142 Å². The number of aromatic carboxylic acids is 2. The molecule has 8 nitrogen and oxygen atoms in total. The molecule has 0 amide bonds. The van der Waals surface area contributed by atoms with Crippen LogP contribution in [0.2, 0.25) is 0 Å². The van der Waals surface area contributed by atoms with E-state index in [4.69, 9.17) is 20.2 Å². The summed E-state index contributed by atoms with van der Waals surface area (Å²) in [5.41, 5.74) is 5.35. The van der Waals surface area contributed by atoms with Crippen LogP contribution in [0.25, 0.3) is 0 Å². The summed E-state index contributed by atoms with van der Waals surface area (Å²) in [5.74, 6) is -1.62. The molecule has 1 fully saturated rings. The van der Waals surface area contributed by atoms with Crippen molar-refractivity contribution in [2.75, 3.05) is 0 Å². The van der Waals surface area contributed by atoms with Crippen LogP contribution in [0.5, 0.6) is 11.5 Å². The molecule has 273 valence electrons. The Morgan fingerprint density at radius 2 is 1.08 bits per heavy atom. The predicted molar refractivity (Wildman–Crippen MR) is 199 cm³/mol. The van der Waals surface area contributed by atoms with Gasteiger partial charge in [-0.15, -0.1) is 0 Å². The average Bonchev–Trinajstić information content (AvgIpc) is 2.99. The van der Waals surface area contributed by atoms with Crippen LogP contribution < -0.4 is 0 Å². The molecule has 9 heteroatoms. The van der Waals surface area contributed by atoms with E-state index in [1.165, 1.54) is 23.8 Å². The fourth-order valence-corrected chi connectivity index (χ4v) is 5.81. The molecular formula is C41H54CoN2O6. The summed E-state index contributed by atoms with van der Waals surface area (Å²) in [5, 5.41) is 39.1. The number of benzene rings is 3. The number of phenols is 2. The van der Waals surface area contributed by atoms with Gasteiger partial charge in [-0.25, -0.2) is 9.59 Å². The normalized spacial score (nSPS) is 16.8. The van der Waals surface area contributed by atoms with Crippen molar-refractivity contribution >= 4 is 24.4 Å². The maximum Gasteiger partial charge on any atom is 0.335 e. The number of phenolic OH excluding ortho intramolecular Hbond substituents is 2. The van der Waals surface area contributed by atoms with E-state index in [-0.39, 0.29) is 56.2 Å². The van der Waals surface area contributed by atoms with Crippen LogP contribution in [-0.2, 0) is 33.0 Å². The molecule has 3 aromatic carbocycles. The quantitative estimate of drug-likeness (QED) is 0.187. The van der Waals surface area contributed by atoms with E-state index < -0.39 is 11.9 Å². The van der Waals surface area contributed by atoms with Gasteiger partial charge in [-0.2, -0.15) is 0 Å². The van der Waals surface area contributed by atoms with Gasteiger partial charge in [-0.3, -0.25) is 9.98 Å². The molecule has 2 atom stereocenters. The Morgan fingerprint density at radius 1 is 0.660 bits per heavy atom. The molecule has 0 spiro atoms. The summed E-state index contributed by atoms with van der Waals surface area (Å²) >= 11 is 0. The van der Waals surface area contributed by atoms with Crippen molar-refractivity contribution < 1.29 is 46.8 Å². The number of nitrogens with zero attached hydrogens (tertiary/aromatic N) is 2. The molecule has 0 aromatic heterocycles. The average molecular weight is 730 g/mol. The molecule has 0 heterocycles. The fourth-order valence-electron chi connectivity index (χ4n) is 5.81. The zero-order valence-corrected chi connectivity index (χ0v) is 32.1.